The lowest BCUT2D eigenvalue weighted by molar-refractivity contribution is 0.126. The third-order valence-electron chi connectivity index (χ3n) is 3.53. The van der Waals surface area contributed by atoms with Crippen molar-refractivity contribution in [3.8, 4) is 11.4 Å². The van der Waals surface area contributed by atoms with Crippen molar-refractivity contribution in [2.75, 3.05) is 12.4 Å². The standard InChI is InChI=1S/C17H16Cl2N4O2S/c1-11-5-2-3-8-15(11)23-17(20-21-22-23)26-10-12(24)9-25-16-13(18)6-4-7-14(16)19/h2-8,12,24H,9-10H2,1H3/t12-/m1/s1. The maximum absolute atomic E-state index is 10.2. The number of aromatic nitrogens is 4. The van der Waals surface area contributed by atoms with E-state index >= 15 is 0 Å². The second-order valence-electron chi connectivity index (χ2n) is 5.49. The van der Waals surface area contributed by atoms with E-state index in [1.165, 1.54) is 11.8 Å². The molecule has 9 heteroatoms. The number of aliphatic hydroxyl groups is 1. The summed E-state index contributed by atoms with van der Waals surface area (Å²) >= 11 is 13.4. The quantitative estimate of drug-likeness (QED) is 0.596. The molecule has 1 atom stereocenters. The molecule has 0 radical (unpaired) electrons. The topological polar surface area (TPSA) is 73.1 Å². The average molecular weight is 411 g/mol. The van der Waals surface area contributed by atoms with Crippen LogP contribution in [0.5, 0.6) is 5.75 Å². The molecule has 0 amide bonds. The number of aliphatic hydroxyl groups excluding tert-OH is 1. The summed E-state index contributed by atoms with van der Waals surface area (Å²) in [7, 11) is 0. The molecule has 0 unspecified atom stereocenters. The van der Waals surface area contributed by atoms with E-state index in [2.05, 4.69) is 15.5 Å². The highest BCUT2D eigenvalue weighted by Crippen LogP contribution is 2.32. The Bertz CT molecular complexity index is 870. The fraction of sp³-hybridized carbons (Fsp3) is 0.235. The first kappa shape index (κ1) is 19.0. The molecule has 0 aliphatic heterocycles. The van der Waals surface area contributed by atoms with Crippen molar-refractivity contribution < 1.29 is 9.84 Å². The Labute approximate surface area is 165 Å². The van der Waals surface area contributed by atoms with E-state index in [0.29, 0.717) is 26.7 Å². The maximum atomic E-state index is 10.2. The lowest BCUT2D eigenvalue weighted by Gasteiger charge is -2.14. The Balaban J connectivity index is 1.60. The summed E-state index contributed by atoms with van der Waals surface area (Å²) in [6.07, 6.45) is -0.741. The van der Waals surface area contributed by atoms with Crippen LogP contribution in [0, 0.1) is 6.92 Å². The number of benzene rings is 2. The first-order chi connectivity index (χ1) is 12.6. The second-order valence-corrected chi connectivity index (χ2v) is 7.29. The molecule has 136 valence electrons. The van der Waals surface area contributed by atoms with Gasteiger partial charge < -0.3 is 9.84 Å². The van der Waals surface area contributed by atoms with Crippen LogP contribution < -0.4 is 4.74 Å². The van der Waals surface area contributed by atoms with Crippen LogP contribution in [-0.4, -0.2) is 43.8 Å². The minimum atomic E-state index is -0.741. The number of halogens is 2. The summed E-state index contributed by atoms with van der Waals surface area (Å²) in [6.45, 7) is 2.05. The number of nitrogens with zero attached hydrogens (tertiary/aromatic N) is 4. The van der Waals surface area contributed by atoms with Crippen molar-refractivity contribution in [2.45, 2.75) is 18.2 Å². The van der Waals surface area contributed by atoms with E-state index in [9.17, 15) is 5.11 Å². The highest BCUT2D eigenvalue weighted by atomic mass is 35.5. The molecule has 2 aromatic carbocycles. The molecule has 0 aliphatic rings. The predicted molar refractivity (Wildman–Crippen MR) is 103 cm³/mol. The summed E-state index contributed by atoms with van der Waals surface area (Å²) in [6, 6.07) is 12.9. The Kier molecular flexibility index (Phi) is 6.37. The zero-order valence-corrected chi connectivity index (χ0v) is 16.2. The summed E-state index contributed by atoms with van der Waals surface area (Å²) in [5.41, 5.74) is 1.95. The monoisotopic (exact) mass is 410 g/mol. The average Bonchev–Trinajstić information content (AvgIpc) is 3.08. The number of para-hydroxylation sites is 2. The minimum Gasteiger partial charge on any atom is -0.488 e. The number of ether oxygens (including phenoxy) is 1. The lowest BCUT2D eigenvalue weighted by atomic mass is 10.2. The lowest BCUT2D eigenvalue weighted by Crippen LogP contribution is -2.20. The molecular weight excluding hydrogens is 395 g/mol. The molecule has 1 N–H and O–H groups in total. The Hall–Kier alpha value is -1.80. The zero-order chi connectivity index (χ0) is 18.5. The van der Waals surface area contributed by atoms with Gasteiger partial charge in [0.2, 0.25) is 5.16 Å². The highest BCUT2D eigenvalue weighted by molar-refractivity contribution is 7.99. The van der Waals surface area contributed by atoms with Gasteiger partial charge in [-0.3, -0.25) is 0 Å². The SMILES string of the molecule is Cc1ccccc1-n1nnnc1SC[C@H](O)COc1c(Cl)cccc1Cl. The van der Waals surface area contributed by atoms with Crippen molar-refractivity contribution in [1.82, 2.24) is 20.2 Å². The van der Waals surface area contributed by atoms with Crippen molar-refractivity contribution in [1.29, 1.82) is 0 Å². The van der Waals surface area contributed by atoms with Gasteiger partial charge in [0.1, 0.15) is 6.61 Å². The zero-order valence-electron chi connectivity index (χ0n) is 13.8. The number of thioether (sulfide) groups is 1. The Morgan fingerprint density at radius 1 is 1.15 bits per heavy atom. The van der Waals surface area contributed by atoms with E-state index in [0.717, 1.165) is 11.3 Å². The van der Waals surface area contributed by atoms with Crippen LogP contribution in [0.4, 0.5) is 0 Å². The van der Waals surface area contributed by atoms with Crippen molar-refractivity contribution in [2.24, 2.45) is 0 Å². The minimum absolute atomic E-state index is 0.0579. The summed E-state index contributed by atoms with van der Waals surface area (Å²) in [5, 5.41) is 23.4. The molecular formula is C17H16Cl2N4O2S. The molecule has 0 saturated heterocycles. The van der Waals surface area contributed by atoms with Gasteiger partial charge in [-0.1, -0.05) is 59.2 Å². The van der Waals surface area contributed by atoms with Gasteiger partial charge in [0.25, 0.3) is 0 Å². The van der Waals surface area contributed by atoms with Crippen molar-refractivity contribution >= 4 is 35.0 Å². The van der Waals surface area contributed by atoms with Crippen LogP contribution in [-0.2, 0) is 0 Å². The fourth-order valence-electron chi connectivity index (χ4n) is 2.24. The number of rotatable bonds is 7. The molecule has 0 aliphatic carbocycles. The van der Waals surface area contributed by atoms with Crippen molar-refractivity contribution in [3.05, 3.63) is 58.1 Å². The summed E-state index contributed by atoms with van der Waals surface area (Å²) < 4.78 is 7.20. The first-order valence-electron chi connectivity index (χ1n) is 7.78. The summed E-state index contributed by atoms with van der Waals surface area (Å²) in [4.78, 5) is 0. The smallest absolute Gasteiger partial charge is 0.214 e. The number of tetrazole rings is 1. The molecule has 26 heavy (non-hydrogen) atoms. The van der Waals surface area contributed by atoms with Gasteiger partial charge in [-0.2, -0.15) is 4.68 Å². The van der Waals surface area contributed by atoms with E-state index < -0.39 is 6.10 Å². The fourth-order valence-corrected chi connectivity index (χ4v) is 3.54. The van der Waals surface area contributed by atoms with E-state index in [1.54, 1.807) is 22.9 Å². The van der Waals surface area contributed by atoms with Gasteiger partial charge >= 0.3 is 0 Å². The first-order valence-corrected chi connectivity index (χ1v) is 9.52. The molecule has 3 rings (SSSR count). The van der Waals surface area contributed by atoms with Crippen LogP contribution in [0.1, 0.15) is 5.56 Å². The second kappa shape index (κ2) is 8.73. The predicted octanol–water partition coefficient (Wildman–Crippen LogP) is 3.81. The molecule has 3 aromatic rings. The van der Waals surface area contributed by atoms with Gasteiger partial charge in [0, 0.05) is 5.75 Å². The number of aryl methyl sites for hydroxylation is 1. The number of hydrogen-bond acceptors (Lipinski definition) is 6. The number of hydrogen-bond donors (Lipinski definition) is 1. The van der Waals surface area contributed by atoms with E-state index in [4.69, 9.17) is 27.9 Å². The molecule has 0 spiro atoms. The Morgan fingerprint density at radius 2 is 1.88 bits per heavy atom. The van der Waals surface area contributed by atoms with Crippen LogP contribution in [0.15, 0.2) is 47.6 Å². The molecule has 1 heterocycles. The van der Waals surface area contributed by atoms with Crippen LogP contribution in [0.3, 0.4) is 0 Å². The highest BCUT2D eigenvalue weighted by Gasteiger charge is 2.15. The van der Waals surface area contributed by atoms with Gasteiger partial charge in [-0.05, 0) is 41.1 Å². The molecule has 6 nitrogen and oxygen atoms in total. The Morgan fingerprint density at radius 3 is 2.62 bits per heavy atom. The normalized spacial score (nSPS) is 12.2. The van der Waals surface area contributed by atoms with Crippen LogP contribution in [0.2, 0.25) is 10.0 Å². The van der Waals surface area contributed by atoms with Crippen LogP contribution in [0.25, 0.3) is 5.69 Å². The largest absolute Gasteiger partial charge is 0.488 e. The van der Waals surface area contributed by atoms with Gasteiger partial charge in [-0.15, -0.1) is 5.10 Å². The van der Waals surface area contributed by atoms with E-state index in [1.807, 2.05) is 31.2 Å². The van der Waals surface area contributed by atoms with Gasteiger partial charge in [0.15, 0.2) is 5.75 Å². The summed E-state index contributed by atoms with van der Waals surface area (Å²) in [5.74, 6) is 0.721. The molecule has 0 fully saturated rings. The molecule has 0 bridgehead atoms. The van der Waals surface area contributed by atoms with Gasteiger partial charge in [-0.25, -0.2) is 0 Å². The third-order valence-corrected chi connectivity index (χ3v) is 5.19. The third kappa shape index (κ3) is 4.48. The van der Waals surface area contributed by atoms with Crippen molar-refractivity contribution in [3.63, 3.8) is 0 Å². The van der Waals surface area contributed by atoms with Gasteiger partial charge in [0.05, 0.1) is 21.8 Å². The van der Waals surface area contributed by atoms with E-state index in [-0.39, 0.29) is 6.61 Å². The molecule has 0 saturated carbocycles. The van der Waals surface area contributed by atoms with Crippen LogP contribution >= 0.6 is 35.0 Å². The maximum Gasteiger partial charge on any atom is 0.214 e. The molecule has 1 aromatic heterocycles.